The number of hydrogen-bond donors (Lipinski definition) is 0. The molecule has 1 atom stereocenters. The average Bonchev–Trinajstić information content (AvgIpc) is 3.01. The maximum absolute atomic E-state index is 16.8. The van der Waals surface area contributed by atoms with E-state index in [-0.39, 0.29) is 75.6 Å². The number of pyridine rings is 1. The van der Waals surface area contributed by atoms with Gasteiger partial charge in [0.25, 0.3) is 0 Å². The number of carbonyl (C=O) groups is 1. The molecule has 0 N–H and O–H groups in total. The molecular weight excluding hydrogens is 580 g/mol. The van der Waals surface area contributed by atoms with Gasteiger partial charge in [-0.1, -0.05) is 26.5 Å². The lowest BCUT2D eigenvalue weighted by atomic mass is 10.1. The molecule has 2 bridgehead atoms. The first-order chi connectivity index (χ1) is 20.5. The van der Waals surface area contributed by atoms with Gasteiger partial charge in [-0.15, -0.1) is 0 Å². The molecule has 1 unspecified atom stereocenters. The van der Waals surface area contributed by atoms with Gasteiger partial charge in [0.05, 0.1) is 33.8 Å². The van der Waals surface area contributed by atoms with Crippen molar-refractivity contribution < 1.29 is 26.4 Å². The summed E-state index contributed by atoms with van der Waals surface area (Å²) >= 11 is 0. The van der Waals surface area contributed by atoms with Gasteiger partial charge in [0.1, 0.15) is 27.6 Å². The van der Waals surface area contributed by atoms with Crippen LogP contribution in [-0.2, 0) is 14.6 Å². The van der Waals surface area contributed by atoms with Crippen LogP contribution in [0.3, 0.4) is 0 Å². The molecule has 0 aliphatic carbocycles. The van der Waals surface area contributed by atoms with E-state index in [4.69, 9.17) is 4.42 Å². The number of sulfone groups is 1. The van der Waals surface area contributed by atoms with Crippen LogP contribution in [0, 0.1) is 11.6 Å². The molecule has 43 heavy (non-hydrogen) atoms. The summed E-state index contributed by atoms with van der Waals surface area (Å²) in [6.07, 6.45) is 2.63. The van der Waals surface area contributed by atoms with Crippen LogP contribution < -0.4 is 10.6 Å². The van der Waals surface area contributed by atoms with Crippen LogP contribution in [0.2, 0.25) is 0 Å². The Hall–Kier alpha value is -4.65. The van der Waals surface area contributed by atoms with Gasteiger partial charge in [0, 0.05) is 37.3 Å². The molecule has 0 saturated carbocycles. The van der Waals surface area contributed by atoms with Crippen molar-refractivity contribution in [2.75, 3.05) is 30.3 Å². The Morgan fingerprint density at radius 3 is 2.70 bits per heavy atom. The van der Waals surface area contributed by atoms with E-state index in [1.165, 1.54) is 39.8 Å². The lowest BCUT2D eigenvalue weighted by Crippen LogP contribution is -2.56. The smallest absolute Gasteiger partial charge is 0.354 e. The molecule has 2 aromatic carbocycles. The van der Waals surface area contributed by atoms with Crippen LogP contribution in [0.1, 0.15) is 25.5 Å². The molecule has 1 fully saturated rings. The standard InChI is InChI=1S/C30H25F2N5O5S/c1-4-22(38)35-10-11-36-16(13-35)14-43(40,41)28-24-19-12-17(25(28)32)23-18(31)6-5-7-20(23)42-21-8-9-33-26(15(2)3)27(21)37(19)30(39)34-29(24)36/h4-9,12,15-16H,1,10-11,13-14H2,2-3H3. The molecular formula is C30H25F2N5O5S. The summed E-state index contributed by atoms with van der Waals surface area (Å²) in [6, 6.07) is 5.93. The number of carbonyl (C=O) groups excluding carboxylic acids is 1. The lowest BCUT2D eigenvalue weighted by Gasteiger charge is -2.40. The topological polar surface area (TPSA) is 118 Å². The Morgan fingerprint density at radius 1 is 1.16 bits per heavy atom. The summed E-state index contributed by atoms with van der Waals surface area (Å²) in [5.74, 6) is -3.20. The molecule has 3 aromatic heterocycles. The van der Waals surface area contributed by atoms with Crippen molar-refractivity contribution in [1.82, 2.24) is 19.3 Å². The van der Waals surface area contributed by atoms with E-state index in [0.717, 1.165) is 12.1 Å². The molecule has 5 aromatic rings. The van der Waals surface area contributed by atoms with Gasteiger partial charge >= 0.3 is 5.69 Å². The Kier molecular flexibility index (Phi) is 5.96. The number of fused-ring (bicyclic) bond motifs is 7. The van der Waals surface area contributed by atoms with E-state index >= 15 is 8.78 Å². The highest BCUT2D eigenvalue weighted by Crippen LogP contribution is 2.42. The van der Waals surface area contributed by atoms with Crippen LogP contribution in [0.5, 0.6) is 0 Å². The Labute approximate surface area is 243 Å². The molecule has 2 aliphatic rings. The number of anilines is 1. The summed E-state index contributed by atoms with van der Waals surface area (Å²) in [7, 11) is -4.43. The second kappa shape index (κ2) is 9.43. The van der Waals surface area contributed by atoms with Gasteiger partial charge in [0.2, 0.25) is 5.91 Å². The van der Waals surface area contributed by atoms with E-state index in [1.807, 2.05) is 13.8 Å². The Morgan fingerprint density at radius 2 is 1.95 bits per heavy atom. The second-order valence-corrected chi connectivity index (χ2v) is 13.0. The summed E-state index contributed by atoms with van der Waals surface area (Å²) in [4.78, 5) is 37.8. The van der Waals surface area contributed by atoms with Gasteiger partial charge in [-0.2, -0.15) is 4.98 Å². The van der Waals surface area contributed by atoms with Gasteiger partial charge in [-0.25, -0.2) is 22.0 Å². The highest BCUT2D eigenvalue weighted by atomic mass is 32.2. The molecule has 1 saturated heterocycles. The predicted molar refractivity (Wildman–Crippen MR) is 157 cm³/mol. The number of amides is 1. The zero-order chi connectivity index (χ0) is 30.4. The van der Waals surface area contributed by atoms with Crippen molar-refractivity contribution >= 4 is 59.9 Å². The normalized spacial score (nSPS) is 17.9. The highest BCUT2D eigenvalue weighted by Gasteiger charge is 2.41. The molecule has 0 radical (unpaired) electrons. The van der Waals surface area contributed by atoms with E-state index in [1.54, 1.807) is 4.90 Å². The van der Waals surface area contributed by atoms with Crippen molar-refractivity contribution in [3.05, 3.63) is 77.0 Å². The van der Waals surface area contributed by atoms with E-state index in [2.05, 4.69) is 16.5 Å². The first-order valence-corrected chi connectivity index (χ1v) is 15.3. The molecule has 10 nitrogen and oxygen atoms in total. The van der Waals surface area contributed by atoms with Crippen molar-refractivity contribution in [2.24, 2.45) is 0 Å². The molecule has 220 valence electrons. The minimum Gasteiger partial charge on any atom is -0.454 e. The zero-order valence-corrected chi connectivity index (χ0v) is 24.0. The third kappa shape index (κ3) is 3.90. The monoisotopic (exact) mass is 605 g/mol. The van der Waals surface area contributed by atoms with E-state index in [0.29, 0.717) is 5.69 Å². The van der Waals surface area contributed by atoms with Crippen molar-refractivity contribution in [1.29, 1.82) is 0 Å². The number of hydrogen-bond acceptors (Lipinski definition) is 8. The minimum atomic E-state index is -4.43. The van der Waals surface area contributed by atoms with E-state index in [9.17, 15) is 18.0 Å². The summed E-state index contributed by atoms with van der Waals surface area (Å²) in [5, 5.41) is -0.762. The molecule has 0 spiro atoms. The summed E-state index contributed by atoms with van der Waals surface area (Å²) < 4.78 is 68.0. The fourth-order valence-corrected chi connectivity index (χ4v) is 8.15. The fourth-order valence-electron chi connectivity index (χ4n) is 6.30. The first kappa shape index (κ1) is 27.2. The van der Waals surface area contributed by atoms with Crippen molar-refractivity contribution in [3.63, 3.8) is 0 Å². The van der Waals surface area contributed by atoms with Gasteiger partial charge in [-0.3, -0.25) is 14.2 Å². The van der Waals surface area contributed by atoms with E-state index < -0.39 is 43.9 Å². The minimum absolute atomic E-state index is 0.00560. The van der Waals surface area contributed by atoms with Gasteiger partial charge < -0.3 is 14.2 Å². The Balaban J connectivity index is 1.76. The molecule has 5 heterocycles. The van der Waals surface area contributed by atoms with Crippen molar-refractivity contribution in [2.45, 2.75) is 30.7 Å². The molecule has 1 amide bonds. The third-order valence-corrected chi connectivity index (χ3v) is 10.0. The molecule has 2 aliphatic heterocycles. The fraction of sp³-hybridized carbons (Fsp3) is 0.267. The van der Waals surface area contributed by atoms with Crippen molar-refractivity contribution in [3.8, 4) is 0 Å². The maximum Gasteiger partial charge on any atom is 0.354 e. The quantitative estimate of drug-likeness (QED) is 0.276. The second-order valence-electron chi connectivity index (χ2n) is 11.0. The Bertz CT molecular complexity index is 2260. The maximum atomic E-state index is 16.8. The first-order valence-electron chi connectivity index (χ1n) is 13.7. The van der Waals surface area contributed by atoms with Gasteiger partial charge in [-0.05, 0) is 30.2 Å². The van der Waals surface area contributed by atoms with Crippen LogP contribution in [0.4, 0.5) is 14.6 Å². The largest absolute Gasteiger partial charge is 0.454 e. The van der Waals surface area contributed by atoms with Crippen LogP contribution in [0.25, 0.3) is 38.4 Å². The predicted octanol–water partition coefficient (Wildman–Crippen LogP) is 4.10. The van der Waals surface area contributed by atoms with Crippen LogP contribution in [-0.4, -0.2) is 65.0 Å². The average molecular weight is 606 g/mol. The third-order valence-electron chi connectivity index (χ3n) is 8.17. The summed E-state index contributed by atoms with van der Waals surface area (Å²) in [6.45, 7) is 7.59. The number of benzene rings is 2. The lowest BCUT2D eigenvalue weighted by molar-refractivity contribution is -0.126. The van der Waals surface area contributed by atoms with Gasteiger partial charge in [0.15, 0.2) is 21.2 Å². The molecule has 13 heteroatoms. The zero-order valence-electron chi connectivity index (χ0n) is 23.2. The van der Waals surface area contributed by atoms with Crippen LogP contribution >= 0.6 is 0 Å². The SMILES string of the molecule is C=CC(=O)N1CCN2c3nc(=O)n4c5cc(c(F)c(c35)S(=O)(=O)CC2C1)c1c(F)cccc1oc1ccnc(C(C)C)c14. The number of halogens is 2. The summed E-state index contributed by atoms with van der Waals surface area (Å²) in [5.41, 5.74) is -0.0497. The molecule has 7 rings (SSSR count). The highest BCUT2D eigenvalue weighted by molar-refractivity contribution is 7.91. The number of aromatic nitrogens is 3. The number of nitrogens with zero attached hydrogens (tertiary/aromatic N) is 5. The number of rotatable bonds is 2. The number of piperazine rings is 1. The van der Waals surface area contributed by atoms with Crippen LogP contribution in [0.15, 0.2) is 63.3 Å².